The van der Waals surface area contributed by atoms with Crippen molar-refractivity contribution in [1.29, 1.82) is 0 Å². The molecule has 0 heterocycles. The number of amides is 1. The number of benzene rings is 1. The molecule has 0 saturated heterocycles. The Morgan fingerprint density at radius 1 is 1.30 bits per heavy atom. The molecule has 0 aliphatic heterocycles. The van der Waals surface area contributed by atoms with Crippen molar-refractivity contribution in [3.05, 3.63) is 34.9 Å². The van der Waals surface area contributed by atoms with Gasteiger partial charge < -0.3 is 5.32 Å². The molecule has 20 heavy (non-hydrogen) atoms. The van der Waals surface area contributed by atoms with Gasteiger partial charge in [0, 0.05) is 11.1 Å². The first kappa shape index (κ1) is 13.9. The van der Waals surface area contributed by atoms with Gasteiger partial charge in [-0.2, -0.15) is 0 Å². The summed E-state index contributed by atoms with van der Waals surface area (Å²) < 4.78 is 0. The van der Waals surface area contributed by atoms with Crippen molar-refractivity contribution in [2.75, 3.05) is 0 Å². The van der Waals surface area contributed by atoms with E-state index < -0.39 is 0 Å². The van der Waals surface area contributed by atoms with Crippen LogP contribution in [0.5, 0.6) is 0 Å². The molecule has 1 N–H and O–H groups in total. The highest BCUT2D eigenvalue weighted by Crippen LogP contribution is 2.49. The summed E-state index contributed by atoms with van der Waals surface area (Å²) in [5.74, 6) is 2.61. The molecule has 2 aliphatic rings. The standard InChI is InChI=1S/C17H22ClNO/c1-11(16-9-13-2-5-14(16)8-13)19-17(20)10-12-3-6-15(18)7-4-12/h3-4,6-7,11,13-14,16H,2,5,8-10H2,1H3,(H,19,20)/t11-,13-,14-,16+/m1/s1. The Morgan fingerprint density at radius 3 is 2.65 bits per heavy atom. The van der Waals surface area contributed by atoms with Crippen molar-refractivity contribution in [3.8, 4) is 0 Å². The summed E-state index contributed by atoms with van der Waals surface area (Å²) in [5.41, 5.74) is 1.02. The Balaban J connectivity index is 1.52. The molecule has 0 aromatic heterocycles. The lowest BCUT2D eigenvalue weighted by Gasteiger charge is -2.28. The molecule has 1 aromatic rings. The Kier molecular flexibility index (Phi) is 4.02. The average Bonchev–Trinajstić information content (AvgIpc) is 3.03. The molecule has 2 aliphatic carbocycles. The normalized spacial score (nSPS) is 29.4. The molecule has 3 heteroatoms. The number of hydrogen-bond donors (Lipinski definition) is 1. The van der Waals surface area contributed by atoms with Crippen LogP contribution >= 0.6 is 11.6 Å². The molecule has 4 atom stereocenters. The minimum atomic E-state index is 0.127. The lowest BCUT2D eigenvalue weighted by molar-refractivity contribution is -0.121. The summed E-state index contributed by atoms with van der Waals surface area (Å²) in [7, 11) is 0. The first-order chi connectivity index (χ1) is 9.61. The summed E-state index contributed by atoms with van der Waals surface area (Å²) >= 11 is 5.85. The second-order valence-electron chi connectivity index (χ2n) is 6.50. The van der Waals surface area contributed by atoms with Crippen molar-refractivity contribution in [1.82, 2.24) is 5.32 Å². The fourth-order valence-electron chi connectivity index (χ4n) is 4.11. The topological polar surface area (TPSA) is 29.1 Å². The molecule has 2 fully saturated rings. The van der Waals surface area contributed by atoms with E-state index in [9.17, 15) is 4.79 Å². The molecule has 2 nitrogen and oxygen atoms in total. The van der Waals surface area contributed by atoms with Gasteiger partial charge in [0.1, 0.15) is 0 Å². The zero-order valence-electron chi connectivity index (χ0n) is 11.9. The minimum absolute atomic E-state index is 0.127. The molecule has 3 rings (SSSR count). The van der Waals surface area contributed by atoms with E-state index in [0.717, 1.165) is 17.4 Å². The van der Waals surface area contributed by atoms with Crippen molar-refractivity contribution < 1.29 is 4.79 Å². The number of carbonyl (C=O) groups is 1. The van der Waals surface area contributed by atoms with E-state index in [4.69, 9.17) is 11.6 Å². The smallest absolute Gasteiger partial charge is 0.224 e. The maximum absolute atomic E-state index is 12.1. The van der Waals surface area contributed by atoms with Crippen LogP contribution in [0, 0.1) is 17.8 Å². The van der Waals surface area contributed by atoms with Gasteiger partial charge in [-0.3, -0.25) is 4.79 Å². The van der Waals surface area contributed by atoms with Crippen LogP contribution in [0.3, 0.4) is 0 Å². The van der Waals surface area contributed by atoms with Gasteiger partial charge in [-0.05, 0) is 61.6 Å². The number of fused-ring (bicyclic) bond motifs is 2. The van der Waals surface area contributed by atoms with Gasteiger partial charge in [-0.1, -0.05) is 30.2 Å². The minimum Gasteiger partial charge on any atom is -0.353 e. The van der Waals surface area contributed by atoms with E-state index in [1.807, 2.05) is 24.3 Å². The molecule has 0 spiro atoms. The molecule has 2 saturated carbocycles. The SMILES string of the molecule is C[C@@H](NC(=O)Cc1ccc(Cl)cc1)[C@@H]1C[C@@H]2CC[C@@H]1C2. The summed E-state index contributed by atoms with van der Waals surface area (Å²) in [6, 6.07) is 7.83. The largest absolute Gasteiger partial charge is 0.353 e. The Labute approximate surface area is 125 Å². The van der Waals surface area contributed by atoms with E-state index in [1.165, 1.54) is 25.7 Å². The highest BCUT2D eigenvalue weighted by atomic mass is 35.5. The van der Waals surface area contributed by atoms with Gasteiger partial charge in [0.25, 0.3) is 0 Å². The molecule has 0 radical (unpaired) electrons. The number of carbonyl (C=O) groups excluding carboxylic acids is 1. The summed E-state index contributed by atoms with van der Waals surface area (Å²) in [6.07, 6.45) is 5.93. The molecule has 1 amide bonds. The quantitative estimate of drug-likeness (QED) is 0.898. The maximum atomic E-state index is 12.1. The second-order valence-corrected chi connectivity index (χ2v) is 6.93. The van der Waals surface area contributed by atoms with Crippen LogP contribution in [0.1, 0.15) is 38.2 Å². The highest BCUT2D eigenvalue weighted by Gasteiger charge is 2.42. The van der Waals surface area contributed by atoms with Crippen LogP contribution in [-0.4, -0.2) is 11.9 Å². The first-order valence-electron chi connectivity index (χ1n) is 7.65. The van der Waals surface area contributed by atoms with E-state index >= 15 is 0 Å². The molecule has 1 aromatic carbocycles. The van der Waals surface area contributed by atoms with Crippen LogP contribution < -0.4 is 5.32 Å². The fourth-order valence-corrected chi connectivity index (χ4v) is 4.23. The van der Waals surface area contributed by atoms with Crippen molar-refractivity contribution in [3.63, 3.8) is 0 Å². The Hall–Kier alpha value is -1.02. The maximum Gasteiger partial charge on any atom is 0.224 e. The van der Waals surface area contributed by atoms with Crippen LogP contribution in [-0.2, 0) is 11.2 Å². The van der Waals surface area contributed by atoms with E-state index in [0.29, 0.717) is 23.4 Å². The second kappa shape index (κ2) is 5.77. The van der Waals surface area contributed by atoms with Crippen LogP contribution in [0.4, 0.5) is 0 Å². The fraction of sp³-hybridized carbons (Fsp3) is 0.588. The van der Waals surface area contributed by atoms with E-state index in [-0.39, 0.29) is 5.91 Å². The lowest BCUT2D eigenvalue weighted by Crippen LogP contribution is -2.40. The van der Waals surface area contributed by atoms with Crippen LogP contribution in [0.25, 0.3) is 0 Å². The monoisotopic (exact) mass is 291 g/mol. The van der Waals surface area contributed by atoms with Crippen molar-refractivity contribution >= 4 is 17.5 Å². The third-order valence-corrected chi connectivity index (χ3v) is 5.35. The summed E-state index contributed by atoms with van der Waals surface area (Å²) in [5, 5.41) is 3.91. The summed E-state index contributed by atoms with van der Waals surface area (Å²) in [4.78, 5) is 12.1. The molecular formula is C17H22ClNO. The molecule has 0 unspecified atom stereocenters. The van der Waals surface area contributed by atoms with Gasteiger partial charge in [0.05, 0.1) is 6.42 Å². The number of rotatable bonds is 4. The van der Waals surface area contributed by atoms with E-state index in [2.05, 4.69) is 12.2 Å². The van der Waals surface area contributed by atoms with Gasteiger partial charge in [0.15, 0.2) is 0 Å². The summed E-state index contributed by atoms with van der Waals surface area (Å²) in [6.45, 7) is 2.17. The molecule has 108 valence electrons. The molecule has 2 bridgehead atoms. The first-order valence-corrected chi connectivity index (χ1v) is 8.03. The Morgan fingerprint density at radius 2 is 2.05 bits per heavy atom. The zero-order chi connectivity index (χ0) is 14.1. The van der Waals surface area contributed by atoms with Gasteiger partial charge >= 0.3 is 0 Å². The number of halogens is 1. The predicted octanol–water partition coefficient (Wildman–Crippen LogP) is 3.82. The van der Waals surface area contributed by atoms with Gasteiger partial charge in [-0.25, -0.2) is 0 Å². The van der Waals surface area contributed by atoms with Gasteiger partial charge in [-0.15, -0.1) is 0 Å². The highest BCUT2D eigenvalue weighted by molar-refractivity contribution is 6.30. The Bertz CT molecular complexity index is 484. The van der Waals surface area contributed by atoms with Crippen molar-refractivity contribution in [2.24, 2.45) is 17.8 Å². The van der Waals surface area contributed by atoms with Crippen LogP contribution in [0.15, 0.2) is 24.3 Å². The zero-order valence-corrected chi connectivity index (χ0v) is 12.7. The predicted molar refractivity (Wildman–Crippen MR) is 81.7 cm³/mol. The third kappa shape index (κ3) is 3.01. The molecular weight excluding hydrogens is 270 g/mol. The third-order valence-electron chi connectivity index (χ3n) is 5.10. The lowest BCUT2D eigenvalue weighted by atomic mass is 9.84. The average molecular weight is 292 g/mol. The number of hydrogen-bond acceptors (Lipinski definition) is 1. The van der Waals surface area contributed by atoms with E-state index in [1.54, 1.807) is 0 Å². The van der Waals surface area contributed by atoms with Crippen LogP contribution in [0.2, 0.25) is 5.02 Å². The van der Waals surface area contributed by atoms with Crippen molar-refractivity contribution in [2.45, 2.75) is 45.1 Å². The van der Waals surface area contributed by atoms with Gasteiger partial charge in [0.2, 0.25) is 5.91 Å². The number of nitrogens with one attached hydrogen (secondary N) is 1.